The van der Waals surface area contributed by atoms with Crippen molar-refractivity contribution in [3.63, 3.8) is 0 Å². The Morgan fingerprint density at radius 3 is 2.79 bits per heavy atom. The number of amides is 1. The van der Waals surface area contributed by atoms with Crippen molar-refractivity contribution in [1.82, 2.24) is 20.9 Å². The summed E-state index contributed by atoms with van der Waals surface area (Å²) in [5.74, 6) is 2.28. The summed E-state index contributed by atoms with van der Waals surface area (Å²) in [6.45, 7) is 10.0. The summed E-state index contributed by atoms with van der Waals surface area (Å²) in [5.41, 5.74) is -0.0575. The standard InChI is InChI=1S/C16H27N5O2.HI/c1-5-17-15(21-11-6-7-13(22)18-8-11)20-10-14-19-9-12(23-14)16(2,3)4;/h9,11H,5-8,10H2,1-4H3,(H,18,22)(H2,17,20,21);1H. The van der Waals surface area contributed by atoms with Gasteiger partial charge in [0.1, 0.15) is 12.3 Å². The Labute approximate surface area is 160 Å². The second kappa shape index (κ2) is 9.24. The van der Waals surface area contributed by atoms with E-state index in [2.05, 4.69) is 46.7 Å². The van der Waals surface area contributed by atoms with Crippen molar-refractivity contribution in [2.75, 3.05) is 13.1 Å². The molecule has 1 fully saturated rings. The van der Waals surface area contributed by atoms with Crippen LogP contribution in [0.3, 0.4) is 0 Å². The minimum atomic E-state index is -0.0575. The highest BCUT2D eigenvalue weighted by Gasteiger charge is 2.20. The Hall–Kier alpha value is -1.32. The molecule has 1 aliphatic rings. The van der Waals surface area contributed by atoms with Gasteiger partial charge in [0.15, 0.2) is 5.96 Å². The van der Waals surface area contributed by atoms with Gasteiger partial charge in [0.25, 0.3) is 0 Å². The Bertz CT molecular complexity index is 555. The summed E-state index contributed by atoms with van der Waals surface area (Å²) in [4.78, 5) is 20.0. The van der Waals surface area contributed by atoms with E-state index in [-0.39, 0.29) is 41.3 Å². The maximum absolute atomic E-state index is 11.2. The number of carbonyl (C=O) groups is 1. The number of carbonyl (C=O) groups excluding carboxylic acids is 1. The Balaban J connectivity index is 0.00000288. The summed E-state index contributed by atoms with van der Waals surface area (Å²) in [7, 11) is 0. The molecule has 1 aliphatic heterocycles. The lowest BCUT2D eigenvalue weighted by molar-refractivity contribution is -0.122. The molecular weight excluding hydrogens is 421 g/mol. The number of guanidine groups is 1. The first-order valence-electron chi connectivity index (χ1n) is 8.15. The van der Waals surface area contributed by atoms with Gasteiger partial charge in [-0.25, -0.2) is 9.98 Å². The monoisotopic (exact) mass is 449 g/mol. The predicted octanol–water partition coefficient (Wildman–Crippen LogP) is 1.92. The van der Waals surface area contributed by atoms with Gasteiger partial charge in [-0.3, -0.25) is 4.79 Å². The van der Waals surface area contributed by atoms with Crippen LogP contribution in [-0.2, 0) is 16.8 Å². The average molecular weight is 449 g/mol. The van der Waals surface area contributed by atoms with E-state index < -0.39 is 0 Å². The first-order valence-corrected chi connectivity index (χ1v) is 8.15. The fourth-order valence-corrected chi connectivity index (χ4v) is 2.25. The van der Waals surface area contributed by atoms with E-state index in [0.717, 1.165) is 18.7 Å². The number of nitrogens with zero attached hydrogens (tertiary/aromatic N) is 2. The second-order valence-corrected chi connectivity index (χ2v) is 6.75. The van der Waals surface area contributed by atoms with Crippen LogP contribution in [0, 0.1) is 0 Å². The zero-order chi connectivity index (χ0) is 16.9. The van der Waals surface area contributed by atoms with Crippen molar-refractivity contribution in [3.05, 3.63) is 17.8 Å². The van der Waals surface area contributed by atoms with Crippen LogP contribution in [0.2, 0.25) is 0 Å². The molecule has 3 N–H and O–H groups in total. The molecule has 1 atom stereocenters. The first kappa shape index (κ1) is 20.7. The van der Waals surface area contributed by atoms with Crippen LogP contribution in [0.4, 0.5) is 0 Å². The van der Waals surface area contributed by atoms with Crippen LogP contribution >= 0.6 is 24.0 Å². The lowest BCUT2D eigenvalue weighted by Crippen LogP contribution is -2.51. The largest absolute Gasteiger partial charge is 0.443 e. The van der Waals surface area contributed by atoms with Crippen LogP contribution in [0.25, 0.3) is 0 Å². The highest BCUT2D eigenvalue weighted by molar-refractivity contribution is 14.0. The molecule has 1 unspecified atom stereocenters. The van der Waals surface area contributed by atoms with Crippen molar-refractivity contribution in [2.45, 2.75) is 58.5 Å². The number of piperidine rings is 1. The third-order valence-electron chi connectivity index (χ3n) is 3.62. The van der Waals surface area contributed by atoms with Gasteiger partial charge in [0.2, 0.25) is 11.8 Å². The van der Waals surface area contributed by atoms with E-state index in [4.69, 9.17) is 4.42 Å². The molecule has 1 aromatic rings. The molecule has 0 aliphatic carbocycles. The summed E-state index contributed by atoms with van der Waals surface area (Å²) in [5, 5.41) is 9.40. The SMILES string of the molecule is CCNC(=NCc1ncc(C(C)(C)C)o1)NC1CCC(=O)NC1.I. The van der Waals surface area contributed by atoms with Crippen molar-refractivity contribution < 1.29 is 9.21 Å². The summed E-state index contributed by atoms with van der Waals surface area (Å²) < 4.78 is 5.75. The maximum Gasteiger partial charge on any atom is 0.220 e. The molecule has 8 heteroatoms. The van der Waals surface area contributed by atoms with Gasteiger partial charge in [-0.05, 0) is 13.3 Å². The van der Waals surface area contributed by atoms with Crippen LogP contribution in [0.15, 0.2) is 15.6 Å². The molecule has 1 saturated heterocycles. The average Bonchev–Trinajstić information content (AvgIpc) is 2.96. The Kier molecular flexibility index (Phi) is 7.98. The van der Waals surface area contributed by atoms with E-state index in [1.54, 1.807) is 6.20 Å². The zero-order valence-electron chi connectivity index (χ0n) is 14.8. The topological polar surface area (TPSA) is 91.6 Å². The molecule has 0 radical (unpaired) electrons. The molecule has 7 nitrogen and oxygen atoms in total. The number of oxazole rings is 1. The minimum absolute atomic E-state index is 0. The van der Waals surface area contributed by atoms with Crippen molar-refractivity contribution in [3.8, 4) is 0 Å². The molecular formula is C16H28IN5O2. The highest BCUT2D eigenvalue weighted by atomic mass is 127. The number of rotatable bonds is 4. The minimum Gasteiger partial charge on any atom is -0.443 e. The lowest BCUT2D eigenvalue weighted by Gasteiger charge is -2.25. The number of hydrogen-bond acceptors (Lipinski definition) is 4. The quantitative estimate of drug-likeness (QED) is 0.371. The van der Waals surface area contributed by atoms with E-state index in [9.17, 15) is 4.79 Å². The second-order valence-electron chi connectivity index (χ2n) is 6.75. The smallest absolute Gasteiger partial charge is 0.220 e. The van der Waals surface area contributed by atoms with Gasteiger partial charge >= 0.3 is 0 Å². The number of halogens is 1. The van der Waals surface area contributed by atoms with Gasteiger partial charge < -0.3 is 20.4 Å². The molecule has 2 rings (SSSR count). The number of aliphatic imine (C=N–C) groups is 1. The van der Waals surface area contributed by atoms with E-state index in [0.29, 0.717) is 31.4 Å². The lowest BCUT2D eigenvalue weighted by atomic mass is 9.94. The van der Waals surface area contributed by atoms with Crippen molar-refractivity contribution in [1.29, 1.82) is 0 Å². The normalized spacial score (nSPS) is 18.6. The maximum atomic E-state index is 11.2. The van der Waals surface area contributed by atoms with Crippen LogP contribution in [-0.4, -0.2) is 36.0 Å². The summed E-state index contributed by atoms with van der Waals surface area (Å²) in [6.07, 6.45) is 3.12. The van der Waals surface area contributed by atoms with Gasteiger partial charge in [-0.2, -0.15) is 0 Å². The third kappa shape index (κ3) is 6.29. The molecule has 24 heavy (non-hydrogen) atoms. The highest BCUT2D eigenvalue weighted by Crippen LogP contribution is 2.22. The van der Waals surface area contributed by atoms with E-state index in [1.807, 2.05) is 6.92 Å². The fraction of sp³-hybridized carbons (Fsp3) is 0.688. The fourth-order valence-electron chi connectivity index (χ4n) is 2.25. The number of aromatic nitrogens is 1. The van der Waals surface area contributed by atoms with Crippen LogP contribution < -0.4 is 16.0 Å². The number of hydrogen-bond donors (Lipinski definition) is 3. The van der Waals surface area contributed by atoms with E-state index in [1.165, 1.54) is 0 Å². The third-order valence-corrected chi connectivity index (χ3v) is 3.62. The van der Waals surface area contributed by atoms with Crippen molar-refractivity contribution >= 4 is 35.8 Å². The van der Waals surface area contributed by atoms with Gasteiger partial charge in [-0.15, -0.1) is 24.0 Å². The Morgan fingerprint density at radius 1 is 1.50 bits per heavy atom. The van der Waals surface area contributed by atoms with Gasteiger partial charge in [0.05, 0.1) is 6.20 Å². The molecule has 1 aromatic heterocycles. The van der Waals surface area contributed by atoms with Gasteiger partial charge in [0, 0.05) is 31.0 Å². The zero-order valence-corrected chi connectivity index (χ0v) is 17.1. The molecule has 136 valence electrons. The Morgan fingerprint density at radius 2 is 2.25 bits per heavy atom. The molecule has 0 aromatic carbocycles. The van der Waals surface area contributed by atoms with E-state index >= 15 is 0 Å². The predicted molar refractivity (Wildman–Crippen MR) is 105 cm³/mol. The molecule has 2 heterocycles. The molecule has 0 saturated carbocycles. The number of nitrogens with one attached hydrogen (secondary N) is 3. The molecule has 0 spiro atoms. The summed E-state index contributed by atoms with van der Waals surface area (Å²) >= 11 is 0. The molecule has 1 amide bonds. The first-order chi connectivity index (χ1) is 10.9. The molecule has 0 bridgehead atoms. The van der Waals surface area contributed by atoms with Crippen molar-refractivity contribution in [2.24, 2.45) is 4.99 Å². The van der Waals surface area contributed by atoms with Gasteiger partial charge in [-0.1, -0.05) is 20.8 Å². The van der Waals surface area contributed by atoms with Crippen LogP contribution in [0.5, 0.6) is 0 Å². The summed E-state index contributed by atoms with van der Waals surface area (Å²) in [6, 6.07) is 0.195. The van der Waals surface area contributed by atoms with Crippen LogP contribution in [0.1, 0.15) is 52.2 Å².